The van der Waals surface area contributed by atoms with E-state index in [2.05, 4.69) is 5.32 Å². The van der Waals surface area contributed by atoms with Gasteiger partial charge in [0.1, 0.15) is 5.60 Å². The first kappa shape index (κ1) is 20.8. The van der Waals surface area contributed by atoms with Crippen molar-refractivity contribution >= 4 is 23.9 Å². The lowest BCUT2D eigenvalue weighted by atomic mass is 9.93. The van der Waals surface area contributed by atoms with Crippen LogP contribution in [0.15, 0.2) is 24.3 Å². The summed E-state index contributed by atoms with van der Waals surface area (Å²) < 4.78 is 10.7. The van der Waals surface area contributed by atoms with E-state index in [1.807, 2.05) is 0 Å². The molecule has 29 heavy (non-hydrogen) atoms. The number of fused-ring (bicyclic) bond motifs is 1. The molecule has 0 saturated carbocycles. The number of carbonyl (C=O) groups is 4. The maximum atomic E-state index is 12.3. The van der Waals surface area contributed by atoms with Crippen molar-refractivity contribution in [3.8, 4) is 0 Å². The van der Waals surface area contributed by atoms with Crippen LogP contribution in [0.25, 0.3) is 0 Å². The molecule has 1 atom stereocenters. The topological polar surface area (TPSA) is 111 Å². The van der Waals surface area contributed by atoms with E-state index in [-0.39, 0.29) is 30.6 Å². The number of hydrogen-bond acceptors (Lipinski definition) is 7. The van der Waals surface area contributed by atoms with Gasteiger partial charge in [-0.3, -0.25) is 9.59 Å². The summed E-state index contributed by atoms with van der Waals surface area (Å²) >= 11 is 0. The van der Waals surface area contributed by atoms with E-state index < -0.39 is 35.0 Å². The zero-order valence-electron chi connectivity index (χ0n) is 16.6. The van der Waals surface area contributed by atoms with Crippen LogP contribution in [0.4, 0.5) is 4.79 Å². The summed E-state index contributed by atoms with van der Waals surface area (Å²) in [5, 5.41) is 3.27. The van der Waals surface area contributed by atoms with Gasteiger partial charge in [-0.15, -0.1) is 0 Å². The number of ether oxygens (including phenoxy) is 2. The molecule has 1 N–H and O–H groups in total. The Morgan fingerprint density at radius 1 is 1.17 bits per heavy atom. The number of nitrogens with zero attached hydrogens (tertiary/aromatic N) is 1. The molecule has 0 bridgehead atoms. The second-order valence-electron chi connectivity index (χ2n) is 8.12. The van der Waals surface area contributed by atoms with E-state index in [4.69, 9.17) is 14.3 Å². The summed E-state index contributed by atoms with van der Waals surface area (Å²) in [7, 11) is 0. The van der Waals surface area contributed by atoms with Crippen molar-refractivity contribution in [2.45, 2.75) is 51.2 Å². The minimum absolute atomic E-state index is 0.118. The summed E-state index contributed by atoms with van der Waals surface area (Å²) in [4.78, 5) is 54.0. The molecule has 0 aromatic heterocycles. The van der Waals surface area contributed by atoms with Gasteiger partial charge in [-0.2, -0.15) is 0 Å². The number of imide groups is 1. The zero-order chi connectivity index (χ0) is 21.2. The van der Waals surface area contributed by atoms with Crippen molar-refractivity contribution in [1.29, 1.82) is 0 Å². The minimum atomic E-state index is -0.774. The Morgan fingerprint density at radius 2 is 1.79 bits per heavy atom. The summed E-state index contributed by atoms with van der Waals surface area (Å²) in [5.41, 5.74) is -1.05. The van der Waals surface area contributed by atoms with Gasteiger partial charge < -0.3 is 19.6 Å². The van der Waals surface area contributed by atoms with Gasteiger partial charge in [-0.1, -0.05) is 17.2 Å². The highest BCUT2D eigenvalue weighted by Crippen LogP contribution is 2.27. The molecule has 9 nitrogen and oxygen atoms in total. The van der Waals surface area contributed by atoms with Gasteiger partial charge in [0.05, 0.1) is 29.7 Å². The molecule has 0 aliphatic carbocycles. The predicted molar refractivity (Wildman–Crippen MR) is 99.8 cm³/mol. The number of amides is 3. The molecule has 1 saturated heterocycles. The molecule has 1 fully saturated rings. The second kappa shape index (κ2) is 7.82. The SMILES string of the molecule is CC(C)(C)OC(=O)NC1(CCC(=O)ON2C(=O)c3ccccc3C2=O)CCOC1. The predicted octanol–water partition coefficient (Wildman–Crippen LogP) is 2.20. The smallest absolute Gasteiger partial charge is 0.408 e. The summed E-state index contributed by atoms with van der Waals surface area (Å²) in [6.45, 7) is 5.92. The lowest BCUT2D eigenvalue weighted by Crippen LogP contribution is -2.51. The van der Waals surface area contributed by atoms with Crippen molar-refractivity contribution in [3.05, 3.63) is 35.4 Å². The van der Waals surface area contributed by atoms with Gasteiger partial charge in [0.15, 0.2) is 0 Å². The van der Waals surface area contributed by atoms with Gasteiger partial charge in [-0.05, 0) is 45.7 Å². The van der Waals surface area contributed by atoms with Crippen LogP contribution in [0, 0.1) is 0 Å². The van der Waals surface area contributed by atoms with E-state index in [1.165, 1.54) is 12.1 Å². The molecule has 1 aromatic carbocycles. The normalized spacial score (nSPS) is 21.1. The van der Waals surface area contributed by atoms with Crippen LogP contribution in [-0.2, 0) is 19.1 Å². The number of rotatable bonds is 5. The Kier molecular flexibility index (Phi) is 5.61. The van der Waals surface area contributed by atoms with E-state index in [0.717, 1.165) is 0 Å². The number of alkyl carbamates (subject to hydrolysis) is 1. The molecular weight excluding hydrogens is 380 g/mol. The number of carbonyl (C=O) groups excluding carboxylic acids is 4. The summed E-state index contributed by atoms with van der Waals surface area (Å²) in [5.74, 6) is -2.11. The number of hydrogen-bond donors (Lipinski definition) is 1. The molecule has 2 heterocycles. The minimum Gasteiger partial charge on any atom is -0.444 e. The van der Waals surface area contributed by atoms with Gasteiger partial charge in [-0.25, -0.2) is 9.59 Å². The van der Waals surface area contributed by atoms with E-state index >= 15 is 0 Å². The van der Waals surface area contributed by atoms with Gasteiger partial charge in [0.25, 0.3) is 11.8 Å². The van der Waals surface area contributed by atoms with Crippen LogP contribution < -0.4 is 5.32 Å². The number of benzene rings is 1. The van der Waals surface area contributed by atoms with E-state index in [0.29, 0.717) is 18.1 Å². The van der Waals surface area contributed by atoms with Crippen LogP contribution in [0.1, 0.15) is 60.7 Å². The van der Waals surface area contributed by atoms with Crippen molar-refractivity contribution < 1.29 is 33.5 Å². The lowest BCUT2D eigenvalue weighted by Gasteiger charge is -2.30. The first-order chi connectivity index (χ1) is 13.6. The average molecular weight is 404 g/mol. The highest BCUT2D eigenvalue weighted by molar-refractivity contribution is 6.20. The summed E-state index contributed by atoms with van der Waals surface area (Å²) in [6.07, 6.45) is 0.00425. The zero-order valence-corrected chi connectivity index (χ0v) is 16.6. The Morgan fingerprint density at radius 3 is 2.31 bits per heavy atom. The maximum absolute atomic E-state index is 12.3. The fraction of sp³-hybridized carbons (Fsp3) is 0.500. The third kappa shape index (κ3) is 4.73. The van der Waals surface area contributed by atoms with Gasteiger partial charge in [0, 0.05) is 6.61 Å². The van der Waals surface area contributed by atoms with Crippen molar-refractivity contribution in [2.75, 3.05) is 13.2 Å². The fourth-order valence-corrected chi connectivity index (χ4v) is 3.22. The summed E-state index contributed by atoms with van der Waals surface area (Å²) in [6, 6.07) is 6.25. The van der Waals surface area contributed by atoms with Crippen LogP contribution in [0.2, 0.25) is 0 Å². The molecule has 3 rings (SSSR count). The fourth-order valence-electron chi connectivity index (χ4n) is 3.22. The second-order valence-corrected chi connectivity index (χ2v) is 8.12. The number of hydroxylamine groups is 2. The Bertz CT molecular complexity index is 802. The van der Waals surface area contributed by atoms with E-state index in [1.54, 1.807) is 32.9 Å². The molecule has 2 aliphatic rings. The molecule has 3 amide bonds. The molecule has 1 unspecified atom stereocenters. The monoisotopic (exact) mass is 404 g/mol. The maximum Gasteiger partial charge on any atom is 0.408 e. The highest BCUT2D eigenvalue weighted by atomic mass is 16.7. The van der Waals surface area contributed by atoms with Crippen molar-refractivity contribution in [1.82, 2.24) is 10.4 Å². The average Bonchev–Trinajstić information content (AvgIpc) is 3.18. The van der Waals surface area contributed by atoms with Crippen molar-refractivity contribution in [3.63, 3.8) is 0 Å². The molecule has 2 aliphatic heterocycles. The standard InChI is InChI=1S/C20H24N2O7/c1-19(2,3)28-18(26)21-20(10-11-27-12-20)9-8-15(23)29-22-16(24)13-6-4-5-7-14(13)17(22)25/h4-7H,8-12H2,1-3H3,(H,21,26). The van der Waals surface area contributed by atoms with Gasteiger partial charge >= 0.3 is 12.1 Å². The molecular formula is C20H24N2O7. The Hall–Kier alpha value is -2.94. The van der Waals surface area contributed by atoms with Crippen LogP contribution in [0.3, 0.4) is 0 Å². The molecule has 0 spiro atoms. The van der Waals surface area contributed by atoms with Crippen LogP contribution in [-0.4, -0.2) is 53.3 Å². The van der Waals surface area contributed by atoms with Crippen LogP contribution in [0.5, 0.6) is 0 Å². The van der Waals surface area contributed by atoms with Gasteiger partial charge in [0.2, 0.25) is 0 Å². The molecule has 9 heteroatoms. The quantitative estimate of drug-likeness (QED) is 0.749. The highest BCUT2D eigenvalue weighted by Gasteiger charge is 2.41. The first-order valence-corrected chi connectivity index (χ1v) is 9.38. The van der Waals surface area contributed by atoms with Crippen LogP contribution >= 0.6 is 0 Å². The Balaban J connectivity index is 1.58. The lowest BCUT2D eigenvalue weighted by molar-refractivity contribution is -0.169. The van der Waals surface area contributed by atoms with E-state index in [9.17, 15) is 19.2 Å². The molecule has 1 aromatic rings. The third-order valence-corrected chi connectivity index (χ3v) is 4.63. The number of nitrogens with one attached hydrogen (secondary N) is 1. The Labute approximate surface area is 168 Å². The molecule has 0 radical (unpaired) electrons. The molecule has 156 valence electrons. The van der Waals surface area contributed by atoms with Crippen molar-refractivity contribution in [2.24, 2.45) is 0 Å². The third-order valence-electron chi connectivity index (χ3n) is 4.63. The largest absolute Gasteiger partial charge is 0.444 e. The first-order valence-electron chi connectivity index (χ1n) is 9.38.